The molecule has 0 aliphatic rings. The molecule has 0 fully saturated rings. The van der Waals surface area contributed by atoms with E-state index in [9.17, 15) is 0 Å². The van der Waals surface area contributed by atoms with Gasteiger partial charge in [0.1, 0.15) is 0 Å². The second-order valence-corrected chi connectivity index (χ2v) is 4.17. The third-order valence-corrected chi connectivity index (χ3v) is 3.05. The van der Waals surface area contributed by atoms with Gasteiger partial charge in [-0.2, -0.15) is 0 Å². The van der Waals surface area contributed by atoms with Crippen LogP contribution in [0.3, 0.4) is 0 Å². The predicted octanol–water partition coefficient (Wildman–Crippen LogP) is 1.33. The number of ether oxygens (including phenoxy) is 3. The third-order valence-electron chi connectivity index (χ3n) is 3.05. The molecule has 8 heteroatoms. The Bertz CT molecular complexity index is 599. The van der Waals surface area contributed by atoms with Crippen LogP contribution in [-0.4, -0.2) is 41.5 Å². The molecule has 0 radical (unpaired) electrons. The molecule has 8 nitrogen and oxygen atoms in total. The largest absolute Gasteiger partial charge is 0.493 e. The molecular weight excluding hydrogens is 274 g/mol. The molecule has 0 bridgehead atoms. The summed E-state index contributed by atoms with van der Waals surface area (Å²) in [6.07, 6.45) is 0. The highest BCUT2D eigenvalue weighted by atomic mass is 16.5. The smallest absolute Gasteiger partial charge is 0.243 e. The van der Waals surface area contributed by atoms with Crippen molar-refractivity contribution in [2.45, 2.75) is 20.0 Å². The fraction of sp³-hybridized carbons (Fsp3) is 0.462. The van der Waals surface area contributed by atoms with Crippen molar-refractivity contribution in [2.75, 3.05) is 26.6 Å². The molecule has 114 valence electrons. The number of rotatable bonds is 7. The molecule has 0 unspecified atom stereocenters. The van der Waals surface area contributed by atoms with Gasteiger partial charge in [-0.3, -0.25) is 0 Å². The van der Waals surface area contributed by atoms with Crippen LogP contribution in [0.1, 0.15) is 12.5 Å². The lowest BCUT2D eigenvalue weighted by Gasteiger charge is -2.16. The van der Waals surface area contributed by atoms with Gasteiger partial charge in [0.05, 0.1) is 21.3 Å². The number of hydrogen-bond acceptors (Lipinski definition) is 7. The minimum absolute atomic E-state index is 0.504. The third kappa shape index (κ3) is 2.99. The Balaban J connectivity index is 2.24. The van der Waals surface area contributed by atoms with Crippen LogP contribution < -0.4 is 19.5 Å². The SMILES string of the molecule is CCn1nnnc1NCc1ccc(OC)c(OC)c1OC. The van der Waals surface area contributed by atoms with Crippen molar-refractivity contribution in [3.8, 4) is 17.2 Å². The maximum Gasteiger partial charge on any atom is 0.243 e. The lowest BCUT2D eigenvalue weighted by molar-refractivity contribution is 0.322. The molecule has 0 saturated carbocycles. The number of methoxy groups -OCH3 is 3. The predicted molar refractivity (Wildman–Crippen MR) is 76.9 cm³/mol. The summed E-state index contributed by atoms with van der Waals surface area (Å²) in [4.78, 5) is 0. The van der Waals surface area contributed by atoms with E-state index in [-0.39, 0.29) is 0 Å². The minimum Gasteiger partial charge on any atom is -0.493 e. The Morgan fingerprint density at radius 2 is 1.86 bits per heavy atom. The standard InChI is InChI=1S/C13H19N5O3/c1-5-18-13(15-16-17-18)14-8-9-6-7-10(19-2)12(21-4)11(9)20-3/h6-7H,5,8H2,1-4H3,(H,14,15,17). The van der Waals surface area contributed by atoms with Crippen LogP contribution in [-0.2, 0) is 13.1 Å². The van der Waals surface area contributed by atoms with Crippen molar-refractivity contribution in [3.05, 3.63) is 17.7 Å². The molecule has 1 aromatic heterocycles. The van der Waals surface area contributed by atoms with E-state index in [2.05, 4.69) is 20.8 Å². The van der Waals surface area contributed by atoms with Gasteiger partial charge in [-0.05, 0) is 29.5 Å². The monoisotopic (exact) mass is 293 g/mol. The summed E-state index contributed by atoms with van der Waals surface area (Å²) in [7, 11) is 4.76. The summed E-state index contributed by atoms with van der Waals surface area (Å²) in [5.74, 6) is 2.42. The van der Waals surface area contributed by atoms with Gasteiger partial charge in [-0.25, -0.2) is 4.68 Å². The second kappa shape index (κ2) is 6.78. The van der Waals surface area contributed by atoms with E-state index < -0.39 is 0 Å². The highest BCUT2D eigenvalue weighted by molar-refractivity contribution is 5.56. The first kappa shape index (κ1) is 14.9. The molecule has 0 aliphatic heterocycles. The lowest BCUT2D eigenvalue weighted by atomic mass is 10.1. The van der Waals surface area contributed by atoms with Crippen molar-refractivity contribution < 1.29 is 14.2 Å². The van der Waals surface area contributed by atoms with Gasteiger partial charge in [-0.1, -0.05) is 5.10 Å². The fourth-order valence-electron chi connectivity index (χ4n) is 2.02. The lowest BCUT2D eigenvalue weighted by Crippen LogP contribution is -2.09. The van der Waals surface area contributed by atoms with Crippen LogP contribution in [0.5, 0.6) is 17.2 Å². The summed E-state index contributed by atoms with van der Waals surface area (Å²) in [6, 6.07) is 3.74. The zero-order valence-electron chi connectivity index (χ0n) is 12.6. The van der Waals surface area contributed by atoms with Crippen LogP contribution in [0.2, 0.25) is 0 Å². The van der Waals surface area contributed by atoms with E-state index in [1.807, 2.05) is 19.1 Å². The summed E-state index contributed by atoms with van der Waals surface area (Å²) >= 11 is 0. The average molecular weight is 293 g/mol. The van der Waals surface area contributed by atoms with E-state index in [0.29, 0.717) is 36.3 Å². The van der Waals surface area contributed by atoms with E-state index >= 15 is 0 Å². The number of aryl methyl sites for hydroxylation is 1. The fourth-order valence-corrected chi connectivity index (χ4v) is 2.02. The van der Waals surface area contributed by atoms with Crippen molar-refractivity contribution in [3.63, 3.8) is 0 Å². The van der Waals surface area contributed by atoms with Crippen molar-refractivity contribution in [2.24, 2.45) is 0 Å². The zero-order valence-corrected chi connectivity index (χ0v) is 12.6. The molecule has 0 saturated heterocycles. The summed E-state index contributed by atoms with van der Waals surface area (Å²) in [5, 5.41) is 14.6. The van der Waals surface area contributed by atoms with E-state index in [4.69, 9.17) is 14.2 Å². The Morgan fingerprint density at radius 1 is 1.10 bits per heavy atom. The Kier molecular flexibility index (Phi) is 4.81. The van der Waals surface area contributed by atoms with Crippen LogP contribution in [0.4, 0.5) is 5.95 Å². The van der Waals surface area contributed by atoms with Gasteiger partial charge in [0, 0.05) is 18.7 Å². The first-order chi connectivity index (χ1) is 10.2. The Hall–Kier alpha value is -2.51. The van der Waals surface area contributed by atoms with Crippen LogP contribution in [0, 0.1) is 0 Å². The van der Waals surface area contributed by atoms with Crippen LogP contribution in [0.25, 0.3) is 0 Å². The maximum absolute atomic E-state index is 5.43. The summed E-state index contributed by atoms with van der Waals surface area (Å²) in [6.45, 7) is 3.17. The first-order valence-corrected chi connectivity index (χ1v) is 6.53. The van der Waals surface area contributed by atoms with Gasteiger partial charge in [0.15, 0.2) is 11.5 Å². The van der Waals surface area contributed by atoms with E-state index in [1.165, 1.54) is 0 Å². The maximum atomic E-state index is 5.43. The first-order valence-electron chi connectivity index (χ1n) is 6.53. The van der Waals surface area contributed by atoms with Gasteiger partial charge in [-0.15, -0.1) is 0 Å². The van der Waals surface area contributed by atoms with Crippen LogP contribution >= 0.6 is 0 Å². The summed E-state index contributed by atoms with van der Waals surface area (Å²) < 4.78 is 17.7. The second-order valence-electron chi connectivity index (χ2n) is 4.17. The molecule has 0 aliphatic carbocycles. The normalized spacial score (nSPS) is 10.3. The number of hydrogen-bond donors (Lipinski definition) is 1. The van der Waals surface area contributed by atoms with E-state index in [0.717, 1.165) is 5.56 Å². The quantitative estimate of drug-likeness (QED) is 0.824. The number of tetrazole rings is 1. The number of anilines is 1. The Morgan fingerprint density at radius 3 is 2.48 bits per heavy atom. The number of aromatic nitrogens is 4. The van der Waals surface area contributed by atoms with Crippen molar-refractivity contribution in [1.82, 2.24) is 20.2 Å². The molecule has 1 heterocycles. The molecule has 1 aromatic carbocycles. The molecule has 2 rings (SSSR count). The van der Waals surface area contributed by atoms with Gasteiger partial charge >= 0.3 is 0 Å². The minimum atomic E-state index is 0.504. The van der Waals surface area contributed by atoms with Crippen molar-refractivity contribution in [1.29, 1.82) is 0 Å². The number of nitrogens with one attached hydrogen (secondary N) is 1. The topological polar surface area (TPSA) is 83.3 Å². The molecular formula is C13H19N5O3. The molecule has 0 amide bonds. The van der Waals surface area contributed by atoms with Crippen LogP contribution in [0.15, 0.2) is 12.1 Å². The number of nitrogens with zero attached hydrogens (tertiary/aromatic N) is 4. The molecule has 2 aromatic rings. The highest BCUT2D eigenvalue weighted by Gasteiger charge is 2.16. The molecule has 1 N–H and O–H groups in total. The number of benzene rings is 1. The average Bonchev–Trinajstić information content (AvgIpc) is 2.99. The van der Waals surface area contributed by atoms with Crippen molar-refractivity contribution >= 4 is 5.95 Å². The highest BCUT2D eigenvalue weighted by Crippen LogP contribution is 2.39. The van der Waals surface area contributed by atoms with Gasteiger partial charge < -0.3 is 19.5 Å². The van der Waals surface area contributed by atoms with Gasteiger partial charge in [0.2, 0.25) is 11.7 Å². The van der Waals surface area contributed by atoms with Gasteiger partial charge in [0.25, 0.3) is 0 Å². The molecule has 0 spiro atoms. The molecule has 21 heavy (non-hydrogen) atoms. The Labute approximate surface area is 123 Å². The zero-order chi connectivity index (χ0) is 15.2. The summed E-state index contributed by atoms with van der Waals surface area (Å²) in [5.41, 5.74) is 0.917. The molecule has 0 atom stereocenters. The van der Waals surface area contributed by atoms with E-state index in [1.54, 1.807) is 26.0 Å².